The molecule has 1 aliphatic rings. The van der Waals surface area contributed by atoms with Crippen molar-refractivity contribution in [2.24, 2.45) is 0 Å². The highest BCUT2D eigenvalue weighted by molar-refractivity contribution is 7.89. The number of rotatable bonds is 6. The van der Waals surface area contributed by atoms with Crippen molar-refractivity contribution >= 4 is 27.5 Å². The number of anilines is 1. The zero-order valence-corrected chi connectivity index (χ0v) is 20.6. The van der Waals surface area contributed by atoms with E-state index < -0.39 is 21.8 Å². The first-order chi connectivity index (χ1) is 15.6. The minimum absolute atomic E-state index is 0.217. The molecule has 0 bridgehead atoms. The van der Waals surface area contributed by atoms with Crippen LogP contribution in [0.15, 0.2) is 41.3 Å². The van der Waals surface area contributed by atoms with Crippen LogP contribution in [0.5, 0.6) is 0 Å². The van der Waals surface area contributed by atoms with Crippen LogP contribution < -0.4 is 10.6 Å². The molecule has 8 heteroatoms. The number of hydrogen-bond donors (Lipinski definition) is 2. The third-order valence-corrected chi connectivity index (χ3v) is 8.21. The maximum absolute atomic E-state index is 13.4. The van der Waals surface area contributed by atoms with Crippen molar-refractivity contribution in [1.82, 2.24) is 9.62 Å². The third-order valence-electron chi connectivity index (χ3n) is 6.11. The monoisotopic (exact) mass is 471 g/mol. The van der Waals surface area contributed by atoms with Gasteiger partial charge in [0.2, 0.25) is 10.0 Å². The predicted octanol–water partition coefficient (Wildman–Crippen LogP) is 3.61. The number of carbonyl (C=O) groups is 2. The lowest BCUT2D eigenvalue weighted by Gasteiger charge is -2.35. The third kappa shape index (κ3) is 6.00. The SMILES string of the molecule is Cc1ccc(C)c(NC(=O)C(=O)NCC[C@H]2CCCCN2S(=O)(=O)c2cc(C)ccc2C)c1. The summed E-state index contributed by atoms with van der Waals surface area (Å²) in [6.07, 6.45) is 2.93. The Morgan fingerprint density at radius 1 is 0.939 bits per heavy atom. The molecule has 1 aliphatic heterocycles. The van der Waals surface area contributed by atoms with Gasteiger partial charge in [0, 0.05) is 24.8 Å². The molecule has 178 valence electrons. The van der Waals surface area contributed by atoms with Gasteiger partial charge in [0.15, 0.2) is 0 Å². The van der Waals surface area contributed by atoms with E-state index in [0.29, 0.717) is 23.5 Å². The van der Waals surface area contributed by atoms with Crippen LogP contribution in [0.4, 0.5) is 5.69 Å². The molecule has 2 amide bonds. The second-order valence-electron chi connectivity index (χ2n) is 8.85. The van der Waals surface area contributed by atoms with E-state index in [-0.39, 0.29) is 12.6 Å². The maximum Gasteiger partial charge on any atom is 0.313 e. The van der Waals surface area contributed by atoms with Crippen molar-refractivity contribution in [1.29, 1.82) is 0 Å². The highest BCUT2D eigenvalue weighted by Crippen LogP contribution is 2.29. The first-order valence-corrected chi connectivity index (χ1v) is 12.8. The number of hydrogen-bond acceptors (Lipinski definition) is 4. The molecule has 0 saturated carbocycles. The van der Waals surface area contributed by atoms with Crippen LogP contribution in [0, 0.1) is 27.7 Å². The lowest BCUT2D eigenvalue weighted by atomic mass is 10.0. The second-order valence-corrected chi connectivity index (χ2v) is 10.7. The van der Waals surface area contributed by atoms with Crippen LogP contribution >= 0.6 is 0 Å². The van der Waals surface area contributed by atoms with E-state index >= 15 is 0 Å². The molecule has 3 rings (SSSR count). The van der Waals surface area contributed by atoms with E-state index in [2.05, 4.69) is 10.6 Å². The van der Waals surface area contributed by atoms with Gasteiger partial charge >= 0.3 is 11.8 Å². The van der Waals surface area contributed by atoms with E-state index in [1.54, 1.807) is 17.3 Å². The molecule has 33 heavy (non-hydrogen) atoms. The van der Waals surface area contributed by atoms with Crippen LogP contribution in [-0.2, 0) is 19.6 Å². The summed E-state index contributed by atoms with van der Waals surface area (Å²) in [7, 11) is -3.64. The number of amides is 2. The van der Waals surface area contributed by atoms with Crippen molar-refractivity contribution in [3.63, 3.8) is 0 Å². The molecule has 0 aliphatic carbocycles. The topological polar surface area (TPSA) is 95.6 Å². The average Bonchev–Trinajstić information content (AvgIpc) is 2.78. The van der Waals surface area contributed by atoms with Gasteiger partial charge in [0.05, 0.1) is 4.90 Å². The van der Waals surface area contributed by atoms with Crippen LogP contribution in [0.1, 0.15) is 47.9 Å². The quantitative estimate of drug-likeness (QED) is 0.629. The van der Waals surface area contributed by atoms with Crippen LogP contribution in [0.2, 0.25) is 0 Å². The fourth-order valence-corrected chi connectivity index (χ4v) is 6.21. The maximum atomic E-state index is 13.4. The smallest absolute Gasteiger partial charge is 0.313 e. The predicted molar refractivity (Wildman–Crippen MR) is 130 cm³/mol. The Morgan fingerprint density at radius 3 is 2.33 bits per heavy atom. The minimum atomic E-state index is -3.64. The van der Waals surface area contributed by atoms with Crippen LogP contribution in [0.25, 0.3) is 0 Å². The van der Waals surface area contributed by atoms with E-state index in [1.807, 2.05) is 51.1 Å². The number of nitrogens with zero attached hydrogens (tertiary/aromatic N) is 1. The first kappa shape index (κ1) is 24.9. The highest BCUT2D eigenvalue weighted by Gasteiger charge is 2.34. The Labute approximate surface area is 196 Å². The number of carbonyl (C=O) groups excluding carboxylic acids is 2. The summed E-state index contributed by atoms with van der Waals surface area (Å²) in [5, 5.41) is 5.29. The summed E-state index contributed by atoms with van der Waals surface area (Å²) in [4.78, 5) is 25.0. The number of nitrogens with one attached hydrogen (secondary N) is 2. The molecule has 1 heterocycles. The fraction of sp³-hybridized carbons (Fsp3) is 0.440. The lowest BCUT2D eigenvalue weighted by molar-refractivity contribution is -0.136. The van der Waals surface area contributed by atoms with Gasteiger partial charge in [-0.05, 0) is 81.3 Å². The largest absolute Gasteiger partial charge is 0.348 e. The normalized spacial score (nSPS) is 16.9. The molecular weight excluding hydrogens is 438 g/mol. The molecule has 1 fully saturated rings. The van der Waals surface area contributed by atoms with Gasteiger partial charge in [-0.15, -0.1) is 0 Å². The van der Waals surface area contributed by atoms with Gasteiger partial charge in [-0.1, -0.05) is 30.7 Å². The van der Waals surface area contributed by atoms with Gasteiger partial charge in [0.25, 0.3) is 0 Å². The molecule has 2 aromatic rings. The summed E-state index contributed by atoms with van der Waals surface area (Å²) in [5.74, 6) is -1.46. The minimum Gasteiger partial charge on any atom is -0.348 e. The van der Waals surface area contributed by atoms with Gasteiger partial charge in [-0.25, -0.2) is 8.42 Å². The van der Waals surface area contributed by atoms with E-state index in [9.17, 15) is 18.0 Å². The molecule has 1 saturated heterocycles. The Morgan fingerprint density at radius 2 is 1.61 bits per heavy atom. The summed E-state index contributed by atoms with van der Waals surface area (Å²) < 4.78 is 28.4. The molecule has 0 aromatic heterocycles. The van der Waals surface area contributed by atoms with Gasteiger partial charge in [-0.3, -0.25) is 9.59 Å². The molecule has 0 radical (unpaired) electrons. The Hall–Kier alpha value is -2.71. The first-order valence-electron chi connectivity index (χ1n) is 11.3. The highest BCUT2D eigenvalue weighted by atomic mass is 32.2. The zero-order chi connectivity index (χ0) is 24.2. The van der Waals surface area contributed by atoms with Gasteiger partial charge in [0.1, 0.15) is 0 Å². The Kier molecular flexibility index (Phi) is 7.92. The Balaban J connectivity index is 1.62. The van der Waals surface area contributed by atoms with E-state index in [0.717, 1.165) is 41.5 Å². The number of aryl methyl sites for hydroxylation is 4. The average molecular weight is 472 g/mol. The zero-order valence-electron chi connectivity index (χ0n) is 19.8. The molecule has 2 aromatic carbocycles. The van der Waals surface area contributed by atoms with E-state index in [4.69, 9.17) is 0 Å². The van der Waals surface area contributed by atoms with Gasteiger partial charge < -0.3 is 10.6 Å². The molecule has 2 N–H and O–H groups in total. The summed E-state index contributed by atoms with van der Waals surface area (Å²) in [6, 6.07) is 10.9. The summed E-state index contributed by atoms with van der Waals surface area (Å²) >= 11 is 0. The van der Waals surface area contributed by atoms with Crippen molar-refractivity contribution < 1.29 is 18.0 Å². The van der Waals surface area contributed by atoms with Crippen LogP contribution in [-0.4, -0.2) is 43.7 Å². The molecule has 0 unspecified atom stereocenters. The number of benzene rings is 2. The van der Waals surface area contributed by atoms with Crippen molar-refractivity contribution in [2.75, 3.05) is 18.4 Å². The number of piperidine rings is 1. The fourth-order valence-electron chi connectivity index (χ4n) is 4.17. The molecule has 0 spiro atoms. The van der Waals surface area contributed by atoms with Crippen molar-refractivity contribution in [3.05, 3.63) is 58.7 Å². The van der Waals surface area contributed by atoms with Gasteiger partial charge in [-0.2, -0.15) is 4.31 Å². The molecular formula is C25H33N3O4S. The van der Waals surface area contributed by atoms with Crippen molar-refractivity contribution in [3.8, 4) is 0 Å². The van der Waals surface area contributed by atoms with Crippen LogP contribution in [0.3, 0.4) is 0 Å². The molecule has 1 atom stereocenters. The second kappa shape index (κ2) is 10.5. The van der Waals surface area contributed by atoms with E-state index in [1.165, 1.54) is 0 Å². The lowest BCUT2D eigenvalue weighted by Crippen LogP contribution is -2.46. The standard InChI is InChI=1S/C25H33N3O4S/c1-17-8-10-19(3)22(15-17)27-25(30)24(29)26-13-12-21-7-5-6-14-28(21)33(31,32)23-16-18(2)9-11-20(23)4/h8-11,15-16,21H,5-7,12-14H2,1-4H3,(H,26,29)(H,27,30)/t21-/m1/s1. The Bertz CT molecular complexity index is 1140. The number of sulfonamides is 1. The van der Waals surface area contributed by atoms with Crippen molar-refractivity contribution in [2.45, 2.75) is 64.3 Å². The summed E-state index contributed by atoms with van der Waals surface area (Å²) in [6.45, 7) is 8.15. The molecule has 7 nitrogen and oxygen atoms in total. The summed E-state index contributed by atoms with van der Waals surface area (Å²) in [5.41, 5.74) is 4.08.